The van der Waals surface area contributed by atoms with Crippen LogP contribution in [0.2, 0.25) is 10.0 Å². The molecule has 6 nitrogen and oxygen atoms in total. The zero-order chi connectivity index (χ0) is 21.9. The van der Waals surface area contributed by atoms with Crippen molar-refractivity contribution in [2.24, 2.45) is 5.41 Å². The minimum atomic E-state index is -3.83. The van der Waals surface area contributed by atoms with Gasteiger partial charge in [0.15, 0.2) is 6.61 Å². The molecule has 0 saturated carbocycles. The van der Waals surface area contributed by atoms with Gasteiger partial charge in [-0.1, -0.05) is 61.3 Å². The highest BCUT2D eigenvalue weighted by molar-refractivity contribution is 7.54. The first-order valence-corrected chi connectivity index (χ1v) is 11.7. The quantitative estimate of drug-likeness (QED) is 0.368. The third kappa shape index (κ3) is 5.57. The summed E-state index contributed by atoms with van der Waals surface area (Å²) in [5.41, 5.74) is 0.985. The van der Waals surface area contributed by atoms with Crippen LogP contribution in [0.4, 0.5) is 0 Å². The summed E-state index contributed by atoms with van der Waals surface area (Å²) >= 11 is 12.4. The van der Waals surface area contributed by atoms with Crippen LogP contribution in [0.5, 0.6) is 5.75 Å². The second-order valence-corrected chi connectivity index (χ2v) is 10.7. The maximum Gasteiger partial charge on any atom is 0.375 e. The first-order valence-electron chi connectivity index (χ1n) is 9.31. The lowest BCUT2D eigenvalue weighted by molar-refractivity contribution is -0.149. The minimum absolute atomic E-state index is 0.193. The number of esters is 1. The molecule has 0 aromatic heterocycles. The van der Waals surface area contributed by atoms with Crippen LogP contribution >= 0.6 is 30.8 Å². The van der Waals surface area contributed by atoms with Crippen molar-refractivity contribution >= 4 is 36.8 Å². The van der Waals surface area contributed by atoms with Crippen molar-refractivity contribution in [3.63, 3.8) is 0 Å². The maximum absolute atomic E-state index is 13.4. The third-order valence-corrected chi connectivity index (χ3v) is 6.98. The van der Waals surface area contributed by atoms with E-state index < -0.39 is 26.0 Å². The normalized spacial score (nSPS) is 18.4. The molecule has 1 heterocycles. The highest BCUT2D eigenvalue weighted by atomic mass is 35.5. The van der Waals surface area contributed by atoms with E-state index in [1.807, 2.05) is 26.8 Å². The van der Waals surface area contributed by atoms with Gasteiger partial charge in [0.25, 0.3) is 0 Å². The topological polar surface area (TPSA) is 71.1 Å². The Bertz CT molecular complexity index is 964. The van der Waals surface area contributed by atoms with E-state index >= 15 is 0 Å². The van der Waals surface area contributed by atoms with Gasteiger partial charge in [-0.05, 0) is 30.7 Å². The smallest absolute Gasteiger partial charge is 0.375 e. The van der Waals surface area contributed by atoms with E-state index in [-0.39, 0.29) is 23.7 Å². The standard InChI is InChI=1S/C21H23Cl2O6P/c1-14-8-9-18(17(23)10-14)26-11-19(24)29-20(15-6-4-5-7-16(15)22)30(25)27-12-21(2,3)13-28-30/h4-10,20H,11-13H2,1-3H3. The van der Waals surface area contributed by atoms with Crippen LogP contribution in [0.1, 0.15) is 30.8 Å². The summed E-state index contributed by atoms with van der Waals surface area (Å²) in [6.07, 6.45) is 0. The molecule has 1 aliphatic rings. The number of hydrogen-bond acceptors (Lipinski definition) is 6. The largest absolute Gasteiger partial charge is 0.480 e. The molecule has 0 N–H and O–H groups in total. The first kappa shape index (κ1) is 23.1. The Hall–Kier alpha value is -1.56. The van der Waals surface area contributed by atoms with E-state index in [2.05, 4.69) is 0 Å². The molecule has 2 aromatic carbocycles. The Morgan fingerprint density at radius 3 is 2.43 bits per heavy atom. The van der Waals surface area contributed by atoms with E-state index in [0.29, 0.717) is 16.3 Å². The van der Waals surface area contributed by atoms with Gasteiger partial charge in [0.1, 0.15) is 5.75 Å². The van der Waals surface area contributed by atoms with Gasteiger partial charge in [-0.2, -0.15) is 0 Å². The van der Waals surface area contributed by atoms with Crippen molar-refractivity contribution in [1.29, 1.82) is 0 Å². The van der Waals surface area contributed by atoms with Gasteiger partial charge in [-0.25, -0.2) is 4.79 Å². The fraction of sp³-hybridized carbons (Fsp3) is 0.381. The molecule has 0 amide bonds. The van der Waals surface area contributed by atoms with Gasteiger partial charge < -0.3 is 18.5 Å². The Morgan fingerprint density at radius 2 is 1.80 bits per heavy atom. The van der Waals surface area contributed by atoms with Crippen molar-refractivity contribution in [3.05, 3.63) is 63.6 Å². The molecule has 30 heavy (non-hydrogen) atoms. The van der Waals surface area contributed by atoms with Crippen molar-refractivity contribution in [2.45, 2.75) is 26.6 Å². The summed E-state index contributed by atoms with van der Waals surface area (Å²) < 4.78 is 35.6. The summed E-state index contributed by atoms with van der Waals surface area (Å²) in [7, 11) is -3.83. The third-order valence-electron chi connectivity index (χ3n) is 4.40. The Balaban J connectivity index is 1.78. The number of benzene rings is 2. The fourth-order valence-corrected chi connectivity index (χ4v) is 5.55. The molecule has 1 unspecified atom stereocenters. The minimum Gasteiger partial charge on any atom is -0.480 e. The highest BCUT2D eigenvalue weighted by Crippen LogP contribution is 2.65. The number of hydrogen-bond donors (Lipinski definition) is 0. The SMILES string of the molecule is Cc1ccc(OCC(=O)OC(c2ccccc2Cl)P2(=O)OCC(C)(C)CO2)c(Cl)c1. The van der Waals surface area contributed by atoms with Crippen LogP contribution in [-0.2, 0) is 23.1 Å². The van der Waals surface area contributed by atoms with Crippen LogP contribution in [-0.4, -0.2) is 25.8 Å². The molecule has 1 fully saturated rings. The van der Waals surface area contributed by atoms with E-state index in [0.717, 1.165) is 5.56 Å². The number of ether oxygens (including phenoxy) is 2. The number of rotatable bonds is 6. The summed E-state index contributed by atoms with van der Waals surface area (Å²) in [5.74, 6) is -1.73. The molecule has 1 saturated heterocycles. The molecule has 0 aliphatic carbocycles. The van der Waals surface area contributed by atoms with Gasteiger partial charge in [0.2, 0.25) is 5.85 Å². The van der Waals surface area contributed by atoms with E-state index in [4.69, 9.17) is 41.7 Å². The average Bonchev–Trinajstić information content (AvgIpc) is 2.69. The molecule has 0 bridgehead atoms. The van der Waals surface area contributed by atoms with Crippen LogP contribution < -0.4 is 4.74 Å². The monoisotopic (exact) mass is 472 g/mol. The molecular weight excluding hydrogens is 450 g/mol. The molecule has 2 aromatic rings. The summed E-state index contributed by atoms with van der Waals surface area (Å²) in [4.78, 5) is 12.5. The van der Waals surface area contributed by atoms with Gasteiger partial charge in [0, 0.05) is 16.0 Å². The van der Waals surface area contributed by atoms with Crippen LogP contribution in [0.3, 0.4) is 0 Å². The predicted molar refractivity (Wildman–Crippen MR) is 115 cm³/mol. The molecule has 1 atom stereocenters. The summed E-state index contributed by atoms with van der Waals surface area (Å²) in [6, 6.07) is 11.8. The molecule has 9 heteroatoms. The predicted octanol–water partition coefficient (Wildman–Crippen LogP) is 6.19. The van der Waals surface area contributed by atoms with Crippen molar-refractivity contribution in [2.75, 3.05) is 19.8 Å². The molecule has 0 radical (unpaired) electrons. The zero-order valence-electron chi connectivity index (χ0n) is 16.9. The fourth-order valence-electron chi connectivity index (χ4n) is 2.74. The second kappa shape index (κ2) is 9.29. The second-order valence-electron chi connectivity index (χ2n) is 7.84. The average molecular weight is 473 g/mol. The van der Waals surface area contributed by atoms with E-state index in [1.54, 1.807) is 36.4 Å². The number of aryl methyl sites for hydroxylation is 1. The van der Waals surface area contributed by atoms with Crippen molar-refractivity contribution in [3.8, 4) is 5.75 Å². The highest BCUT2D eigenvalue weighted by Gasteiger charge is 2.46. The lowest BCUT2D eigenvalue weighted by atomic mass is 9.97. The van der Waals surface area contributed by atoms with Gasteiger partial charge in [-0.3, -0.25) is 4.57 Å². The maximum atomic E-state index is 13.4. The molecule has 1 aliphatic heterocycles. The van der Waals surface area contributed by atoms with Crippen LogP contribution in [0.25, 0.3) is 0 Å². The van der Waals surface area contributed by atoms with Gasteiger partial charge in [-0.15, -0.1) is 0 Å². The van der Waals surface area contributed by atoms with Crippen molar-refractivity contribution in [1.82, 2.24) is 0 Å². The molecule has 3 rings (SSSR count). The lowest BCUT2D eigenvalue weighted by Gasteiger charge is -2.37. The zero-order valence-corrected chi connectivity index (χ0v) is 19.3. The number of halogens is 2. The van der Waals surface area contributed by atoms with E-state index in [1.165, 1.54) is 0 Å². The summed E-state index contributed by atoms with van der Waals surface area (Å²) in [6.45, 7) is 5.69. The lowest BCUT2D eigenvalue weighted by Crippen LogP contribution is -2.31. The van der Waals surface area contributed by atoms with E-state index in [9.17, 15) is 9.36 Å². The number of carbonyl (C=O) groups excluding carboxylic acids is 1. The van der Waals surface area contributed by atoms with Gasteiger partial charge >= 0.3 is 13.6 Å². The van der Waals surface area contributed by atoms with Crippen LogP contribution in [0.15, 0.2) is 42.5 Å². The number of carbonyl (C=O) groups is 1. The van der Waals surface area contributed by atoms with Crippen LogP contribution in [0, 0.1) is 12.3 Å². The summed E-state index contributed by atoms with van der Waals surface area (Å²) in [5, 5.41) is 0.657. The Morgan fingerprint density at radius 1 is 1.13 bits per heavy atom. The molecular formula is C21H23Cl2O6P. The first-order chi connectivity index (χ1) is 14.1. The Kier molecular flexibility index (Phi) is 7.16. The molecule has 162 valence electrons. The van der Waals surface area contributed by atoms with Crippen molar-refractivity contribution < 1.29 is 27.9 Å². The molecule has 0 spiro atoms. The van der Waals surface area contributed by atoms with Gasteiger partial charge in [0.05, 0.1) is 18.2 Å². The Labute approximate surface area is 185 Å².